The Morgan fingerprint density at radius 2 is 1.96 bits per heavy atom. The Hall–Kier alpha value is -1.66. The lowest BCUT2D eigenvalue weighted by Crippen LogP contribution is -2.32. The van der Waals surface area contributed by atoms with Crippen LogP contribution in [0.2, 0.25) is 5.02 Å². The molecule has 0 aromatic heterocycles. The SMILES string of the molecule is CN(CCC#N)CC(=O)Nc1cc(S(=O)(=O)N2CCCCCC2)ccc1Cl. The van der Waals surface area contributed by atoms with Gasteiger partial charge in [0.2, 0.25) is 15.9 Å². The van der Waals surface area contributed by atoms with E-state index >= 15 is 0 Å². The average molecular weight is 413 g/mol. The largest absolute Gasteiger partial charge is 0.324 e. The van der Waals surface area contributed by atoms with E-state index in [-0.39, 0.29) is 28.1 Å². The van der Waals surface area contributed by atoms with Gasteiger partial charge in [0, 0.05) is 26.1 Å². The number of nitrogens with one attached hydrogen (secondary N) is 1. The van der Waals surface area contributed by atoms with E-state index in [0.29, 0.717) is 26.1 Å². The van der Waals surface area contributed by atoms with Crippen molar-refractivity contribution in [3.8, 4) is 6.07 Å². The third kappa shape index (κ3) is 6.18. The summed E-state index contributed by atoms with van der Waals surface area (Å²) in [5, 5.41) is 11.5. The fraction of sp³-hybridized carbons (Fsp3) is 0.556. The van der Waals surface area contributed by atoms with Crippen LogP contribution in [-0.2, 0) is 14.8 Å². The van der Waals surface area contributed by atoms with Gasteiger partial charge in [-0.05, 0) is 38.1 Å². The van der Waals surface area contributed by atoms with E-state index in [4.69, 9.17) is 16.9 Å². The van der Waals surface area contributed by atoms with Crippen molar-refractivity contribution >= 4 is 33.2 Å². The Bertz CT molecular complexity index is 799. The highest BCUT2D eigenvalue weighted by atomic mass is 35.5. The number of rotatable bonds is 7. The summed E-state index contributed by atoms with van der Waals surface area (Å²) in [4.78, 5) is 14.0. The van der Waals surface area contributed by atoms with Crippen molar-refractivity contribution in [3.05, 3.63) is 23.2 Å². The maximum Gasteiger partial charge on any atom is 0.243 e. The number of nitrogens with zero attached hydrogens (tertiary/aromatic N) is 3. The molecule has 1 aliphatic heterocycles. The van der Waals surface area contributed by atoms with E-state index in [0.717, 1.165) is 25.7 Å². The molecule has 0 atom stereocenters. The van der Waals surface area contributed by atoms with Gasteiger partial charge in [0.1, 0.15) is 0 Å². The molecule has 0 radical (unpaired) electrons. The predicted molar refractivity (Wildman–Crippen MR) is 105 cm³/mol. The number of sulfonamides is 1. The molecule has 1 aromatic carbocycles. The average Bonchev–Trinajstić information content (AvgIpc) is 2.91. The van der Waals surface area contributed by atoms with Crippen molar-refractivity contribution < 1.29 is 13.2 Å². The Kier molecular flexibility index (Phi) is 8.05. The number of hydrogen-bond acceptors (Lipinski definition) is 5. The van der Waals surface area contributed by atoms with E-state index in [2.05, 4.69) is 5.32 Å². The quantitative estimate of drug-likeness (QED) is 0.743. The Balaban J connectivity index is 2.13. The molecule has 1 fully saturated rings. The maximum atomic E-state index is 12.9. The van der Waals surface area contributed by atoms with Gasteiger partial charge in [0.25, 0.3) is 0 Å². The number of anilines is 1. The molecule has 1 aliphatic rings. The van der Waals surface area contributed by atoms with Gasteiger partial charge in [-0.15, -0.1) is 0 Å². The number of carbonyl (C=O) groups is 1. The van der Waals surface area contributed by atoms with E-state index in [1.807, 2.05) is 6.07 Å². The van der Waals surface area contributed by atoms with Crippen LogP contribution in [0.3, 0.4) is 0 Å². The zero-order chi connectivity index (χ0) is 19.9. The second-order valence-electron chi connectivity index (χ2n) is 6.65. The Morgan fingerprint density at radius 1 is 1.30 bits per heavy atom. The molecule has 1 aromatic rings. The van der Waals surface area contributed by atoms with Crippen molar-refractivity contribution in [2.75, 3.05) is 38.5 Å². The van der Waals surface area contributed by atoms with Crippen molar-refractivity contribution in [3.63, 3.8) is 0 Å². The lowest BCUT2D eigenvalue weighted by Gasteiger charge is -2.21. The topological polar surface area (TPSA) is 93.5 Å². The summed E-state index contributed by atoms with van der Waals surface area (Å²) < 4.78 is 27.3. The Labute approximate surface area is 165 Å². The van der Waals surface area contributed by atoms with Crippen LogP contribution in [0.5, 0.6) is 0 Å². The first-order chi connectivity index (χ1) is 12.8. The normalized spacial score (nSPS) is 15.9. The summed E-state index contributed by atoms with van der Waals surface area (Å²) in [5.74, 6) is -0.318. The van der Waals surface area contributed by atoms with Gasteiger partial charge in [0.05, 0.1) is 28.2 Å². The van der Waals surface area contributed by atoms with E-state index in [1.165, 1.54) is 22.5 Å². The molecule has 0 saturated carbocycles. The number of halogens is 1. The number of nitriles is 1. The molecule has 27 heavy (non-hydrogen) atoms. The van der Waals surface area contributed by atoms with E-state index in [9.17, 15) is 13.2 Å². The first-order valence-corrected chi connectivity index (χ1v) is 10.8. The molecule has 0 spiro atoms. The van der Waals surface area contributed by atoms with Crippen LogP contribution >= 0.6 is 11.6 Å². The van der Waals surface area contributed by atoms with Gasteiger partial charge < -0.3 is 5.32 Å². The number of likely N-dealkylation sites (N-methyl/N-ethyl adjacent to an activating group) is 1. The van der Waals surface area contributed by atoms with Crippen molar-refractivity contribution in [2.24, 2.45) is 0 Å². The second-order valence-corrected chi connectivity index (χ2v) is 9.00. The van der Waals surface area contributed by atoms with E-state index in [1.54, 1.807) is 11.9 Å². The third-order valence-corrected chi connectivity index (χ3v) is 6.66. The standard InChI is InChI=1S/C18H25ClN4O3S/c1-22(10-6-9-20)14-18(24)21-17-13-15(7-8-16(17)19)27(25,26)23-11-4-2-3-5-12-23/h7-8,13H,2-6,10-12,14H2,1H3,(H,21,24). The molecule has 0 aliphatic carbocycles. The van der Waals surface area contributed by atoms with Gasteiger partial charge in [-0.25, -0.2) is 8.42 Å². The molecule has 0 bridgehead atoms. The number of amides is 1. The van der Waals surface area contributed by atoms with Crippen LogP contribution in [0.15, 0.2) is 23.1 Å². The number of hydrogen-bond donors (Lipinski definition) is 1. The highest BCUT2D eigenvalue weighted by Crippen LogP contribution is 2.28. The van der Waals surface area contributed by atoms with Crippen molar-refractivity contribution in [1.82, 2.24) is 9.21 Å². The lowest BCUT2D eigenvalue weighted by molar-refractivity contribution is -0.117. The third-order valence-electron chi connectivity index (χ3n) is 4.43. The molecule has 9 heteroatoms. The summed E-state index contributed by atoms with van der Waals surface area (Å²) in [7, 11) is -1.88. The van der Waals surface area contributed by atoms with Gasteiger partial charge in [-0.1, -0.05) is 24.4 Å². The second kappa shape index (κ2) is 10.0. The molecule has 1 amide bonds. The highest BCUT2D eigenvalue weighted by molar-refractivity contribution is 7.89. The first kappa shape index (κ1) is 21.6. The summed E-state index contributed by atoms with van der Waals surface area (Å²) in [6, 6.07) is 6.39. The molecule has 1 saturated heterocycles. The van der Waals surface area contributed by atoms with Crippen LogP contribution < -0.4 is 5.32 Å². The summed E-state index contributed by atoms with van der Waals surface area (Å²) in [6.45, 7) is 1.58. The number of benzene rings is 1. The van der Waals surface area contributed by atoms with Crippen molar-refractivity contribution in [2.45, 2.75) is 37.0 Å². The maximum absolute atomic E-state index is 12.9. The molecule has 1 heterocycles. The minimum absolute atomic E-state index is 0.0844. The first-order valence-electron chi connectivity index (χ1n) is 8.99. The van der Waals surface area contributed by atoms with Gasteiger partial charge in [0.15, 0.2) is 0 Å². The van der Waals surface area contributed by atoms with Crippen molar-refractivity contribution in [1.29, 1.82) is 5.26 Å². The molecule has 148 valence electrons. The fourth-order valence-corrected chi connectivity index (χ4v) is 4.66. The highest BCUT2D eigenvalue weighted by Gasteiger charge is 2.26. The van der Waals surface area contributed by atoms with Gasteiger partial charge in [-0.2, -0.15) is 9.57 Å². The lowest BCUT2D eigenvalue weighted by atomic mass is 10.2. The zero-order valence-electron chi connectivity index (χ0n) is 15.4. The van der Waals surface area contributed by atoms with E-state index < -0.39 is 10.0 Å². The van der Waals surface area contributed by atoms with Gasteiger partial charge in [-0.3, -0.25) is 9.69 Å². The minimum Gasteiger partial charge on any atom is -0.324 e. The molecular formula is C18H25ClN4O3S. The van der Waals surface area contributed by atoms with Gasteiger partial charge >= 0.3 is 0 Å². The minimum atomic E-state index is -3.62. The molecular weight excluding hydrogens is 388 g/mol. The van der Waals surface area contributed by atoms with Crippen LogP contribution in [-0.4, -0.2) is 56.8 Å². The number of carbonyl (C=O) groups excluding carboxylic acids is 1. The summed E-state index contributed by atoms with van der Waals surface area (Å²) in [6.07, 6.45) is 4.10. The van der Waals surface area contributed by atoms with Crippen LogP contribution in [0.1, 0.15) is 32.1 Å². The summed E-state index contributed by atoms with van der Waals surface area (Å²) in [5.41, 5.74) is 0.270. The summed E-state index contributed by atoms with van der Waals surface area (Å²) >= 11 is 6.14. The smallest absolute Gasteiger partial charge is 0.243 e. The van der Waals surface area contributed by atoms with Crippen LogP contribution in [0, 0.1) is 11.3 Å². The van der Waals surface area contributed by atoms with Crippen LogP contribution in [0.25, 0.3) is 0 Å². The van der Waals surface area contributed by atoms with Crippen LogP contribution in [0.4, 0.5) is 5.69 Å². The molecule has 2 rings (SSSR count). The predicted octanol–water partition coefficient (Wildman–Crippen LogP) is 2.69. The fourth-order valence-electron chi connectivity index (χ4n) is 2.95. The monoisotopic (exact) mass is 412 g/mol. The molecule has 7 nitrogen and oxygen atoms in total. The zero-order valence-corrected chi connectivity index (χ0v) is 17.0. The molecule has 1 N–H and O–H groups in total. The Morgan fingerprint density at radius 3 is 2.59 bits per heavy atom. The molecule has 0 unspecified atom stereocenters.